The number of hydrazine groups is 1. The molecule has 0 bridgehead atoms. The number of cyclic esters (lactones) is 1. The van der Waals surface area contributed by atoms with Gasteiger partial charge in [-0.05, 0) is 12.5 Å². The minimum atomic E-state index is -1.41. The lowest BCUT2D eigenvalue weighted by Crippen LogP contribution is -2.61. The number of hydrogen-bond donors (Lipinski definition) is 2. The number of amidine groups is 1. The molecule has 11 heteroatoms. The highest BCUT2D eigenvalue weighted by atomic mass is 32.2. The molecule has 9 nitrogen and oxygen atoms in total. The van der Waals surface area contributed by atoms with Crippen LogP contribution in [0.5, 0.6) is 0 Å². The highest BCUT2D eigenvalue weighted by Crippen LogP contribution is 2.32. The summed E-state index contributed by atoms with van der Waals surface area (Å²) in [6.45, 7) is 2.46. The first kappa shape index (κ1) is 20.6. The van der Waals surface area contributed by atoms with Gasteiger partial charge in [0.25, 0.3) is 5.91 Å². The Balaban J connectivity index is 1.48. The molecule has 0 aliphatic carbocycles. The molecule has 0 radical (unpaired) electrons. The van der Waals surface area contributed by atoms with Crippen LogP contribution in [0.1, 0.15) is 12.5 Å². The predicted octanol–water partition coefficient (Wildman–Crippen LogP) is 0.626. The fourth-order valence-corrected chi connectivity index (χ4v) is 4.57. The van der Waals surface area contributed by atoms with Crippen LogP contribution in [0.15, 0.2) is 35.3 Å². The number of halogens is 1. The standard InChI is InChI=1S/C19H22FN5O4S/c1-19(12-5-3-2-4-6-12,13-9-21-18(28)29-13)16(27)23-24-7-8-25(14(20)10-24)17-22-15(26)11-30-17/h2-6,13-14H,7-11H2,1H3,(H,21,28)(H,23,27). The fourth-order valence-electron chi connectivity index (χ4n) is 3.72. The van der Waals surface area contributed by atoms with Crippen molar-refractivity contribution in [1.82, 2.24) is 20.7 Å². The Kier molecular flexibility index (Phi) is 5.65. The Labute approximate surface area is 177 Å². The quantitative estimate of drug-likeness (QED) is 0.669. The number of piperazine rings is 1. The monoisotopic (exact) mass is 435 g/mol. The molecule has 2 fully saturated rings. The number of alkyl halides is 1. The van der Waals surface area contributed by atoms with Crippen molar-refractivity contribution in [3.8, 4) is 0 Å². The molecule has 3 amide bonds. The molecular weight excluding hydrogens is 413 g/mol. The first-order valence-corrected chi connectivity index (χ1v) is 10.6. The van der Waals surface area contributed by atoms with Gasteiger partial charge >= 0.3 is 6.09 Å². The second kappa shape index (κ2) is 8.23. The second-order valence-electron chi connectivity index (χ2n) is 7.43. The summed E-state index contributed by atoms with van der Waals surface area (Å²) in [6.07, 6.45) is -2.69. The van der Waals surface area contributed by atoms with Gasteiger partial charge in [-0.25, -0.2) is 14.2 Å². The Morgan fingerprint density at radius 3 is 2.70 bits per heavy atom. The van der Waals surface area contributed by atoms with Crippen molar-refractivity contribution in [3.05, 3.63) is 35.9 Å². The van der Waals surface area contributed by atoms with Crippen LogP contribution in [0.2, 0.25) is 0 Å². The smallest absolute Gasteiger partial charge is 0.407 e. The van der Waals surface area contributed by atoms with E-state index < -0.39 is 29.8 Å². The van der Waals surface area contributed by atoms with Gasteiger partial charge in [-0.3, -0.25) is 15.0 Å². The summed E-state index contributed by atoms with van der Waals surface area (Å²) in [5.41, 5.74) is 2.32. The topological polar surface area (TPSA) is 103 Å². The number of hydrogen-bond acceptors (Lipinski definition) is 7. The number of carbonyl (C=O) groups is 3. The van der Waals surface area contributed by atoms with Gasteiger partial charge in [-0.1, -0.05) is 42.1 Å². The van der Waals surface area contributed by atoms with Gasteiger partial charge in [0.2, 0.25) is 5.91 Å². The number of thioether (sulfide) groups is 1. The second-order valence-corrected chi connectivity index (χ2v) is 8.38. The van der Waals surface area contributed by atoms with Crippen molar-refractivity contribution >= 4 is 34.8 Å². The number of nitrogens with zero attached hydrogens (tertiary/aromatic N) is 3. The van der Waals surface area contributed by atoms with Crippen LogP contribution in [0.3, 0.4) is 0 Å². The lowest BCUT2D eigenvalue weighted by molar-refractivity contribution is -0.136. The molecule has 1 aromatic rings. The van der Waals surface area contributed by atoms with Crippen LogP contribution in [0.25, 0.3) is 0 Å². The zero-order valence-electron chi connectivity index (χ0n) is 16.3. The lowest BCUT2D eigenvalue weighted by atomic mass is 9.76. The minimum absolute atomic E-state index is 0.0763. The number of amides is 3. The van der Waals surface area contributed by atoms with Crippen LogP contribution < -0.4 is 10.7 Å². The SMILES string of the molecule is CC(C(=O)NN1CCN(C2=NC(=O)CS2)C(F)C1)(c1ccccc1)C1CNC(=O)O1. The van der Waals surface area contributed by atoms with Gasteiger partial charge in [-0.15, -0.1) is 0 Å². The van der Waals surface area contributed by atoms with Crippen molar-refractivity contribution in [2.75, 3.05) is 31.9 Å². The summed E-state index contributed by atoms with van der Waals surface area (Å²) < 4.78 is 20.1. The highest BCUT2D eigenvalue weighted by Gasteiger charge is 2.48. The Morgan fingerprint density at radius 2 is 2.10 bits per heavy atom. The van der Waals surface area contributed by atoms with E-state index in [1.807, 2.05) is 18.2 Å². The largest absolute Gasteiger partial charge is 0.443 e. The Hall–Kier alpha value is -2.66. The summed E-state index contributed by atoms with van der Waals surface area (Å²) in [5, 5.41) is 4.48. The maximum Gasteiger partial charge on any atom is 0.407 e. The summed E-state index contributed by atoms with van der Waals surface area (Å²) in [5.74, 6) is -0.433. The molecule has 0 spiro atoms. The third-order valence-electron chi connectivity index (χ3n) is 5.54. The molecule has 30 heavy (non-hydrogen) atoms. The first-order valence-electron chi connectivity index (χ1n) is 9.59. The molecule has 4 rings (SSSR count). The van der Waals surface area contributed by atoms with E-state index in [1.165, 1.54) is 21.7 Å². The van der Waals surface area contributed by atoms with Crippen LogP contribution in [0.4, 0.5) is 9.18 Å². The maximum atomic E-state index is 14.7. The molecule has 160 valence electrons. The number of rotatable bonds is 4. The number of alkyl carbamates (subject to hydrolysis) is 1. The molecule has 3 heterocycles. The number of ether oxygens (including phenoxy) is 1. The van der Waals surface area contributed by atoms with Crippen LogP contribution in [-0.4, -0.2) is 77.3 Å². The summed E-state index contributed by atoms with van der Waals surface area (Å²) in [4.78, 5) is 41.6. The Bertz CT molecular complexity index is 885. The summed E-state index contributed by atoms with van der Waals surface area (Å²) >= 11 is 1.22. The molecule has 0 aromatic heterocycles. The van der Waals surface area contributed by atoms with E-state index in [1.54, 1.807) is 19.1 Å². The number of aliphatic imine (C=N–C) groups is 1. The molecule has 3 aliphatic rings. The number of nitrogens with one attached hydrogen (secondary N) is 2. The molecule has 3 atom stereocenters. The van der Waals surface area contributed by atoms with E-state index in [-0.39, 0.29) is 31.3 Å². The fraction of sp³-hybridized carbons (Fsp3) is 0.474. The van der Waals surface area contributed by atoms with E-state index in [2.05, 4.69) is 15.7 Å². The molecule has 1 aromatic carbocycles. The minimum Gasteiger partial charge on any atom is -0.443 e. The van der Waals surface area contributed by atoms with E-state index in [9.17, 15) is 18.8 Å². The number of benzene rings is 1. The van der Waals surface area contributed by atoms with E-state index in [4.69, 9.17) is 4.74 Å². The molecule has 2 N–H and O–H groups in total. The van der Waals surface area contributed by atoms with Gasteiger partial charge in [0.1, 0.15) is 11.5 Å². The summed E-state index contributed by atoms with van der Waals surface area (Å²) in [7, 11) is 0. The zero-order valence-corrected chi connectivity index (χ0v) is 17.2. The normalized spacial score (nSPS) is 26.6. The van der Waals surface area contributed by atoms with Gasteiger partial charge < -0.3 is 15.0 Å². The lowest BCUT2D eigenvalue weighted by Gasteiger charge is -2.40. The van der Waals surface area contributed by atoms with Gasteiger partial charge in [-0.2, -0.15) is 4.99 Å². The average Bonchev–Trinajstić information content (AvgIpc) is 3.36. The van der Waals surface area contributed by atoms with Crippen molar-refractivity contribution in [2.45, 2.75) is 24.7 Å². The van der Waals surface area contributed by atoms with Crippen molar-refractivity contribution in [2.24, 2.45) is 4.99 Å². The van der Waals surface area contributed by atoms with E-state index in [0.29, 0.717) is 17.3 Å². The molecule has 0 saturated carbocycles. The highest BCUT2D eigenvalue weighted by molar-refractivity contribution is 8.14. The van der Waals surface area contributed by atoms with Crippen LogP contribution in [-0.2, 0) is 19.7 Å². The maximum absolute atomic E-state index is 14.7. The van der Waals surface area contributed by atoms with Crippen molar-refractivity contribution in [3.63, 3.8) is 0 Å². The third kappa shape index (κ3) is 3.86. The zero-order chi connectivity index (χ0) is 21.3. The van der Waals surface area contributed by atoms with Gasteiger partial charge in [0.15, 0.2) is 11.5 Å². The van der Waals surface area contributed by atoms with Crippen LogP contribution >= 0.6 is 11.8 Å². The summed E-state index contributed by atoms with van der Waals surface area (Å²) in [6, 6.07) is 9.05. The average molecular weight is 435 g/mol. The third-order valence-corrected chi connectivity index (χ3v) is 6.52. The Morgan fingerprint density at radius 1 is 1.33 bits per heavy atom. The van der Waals surface area contributed by atoms with Crippen molar-refractivity contribution < 1.29 is 23.5 Å². The molecule has 2 saturated heterocycles. The van der Waals surface area contributed by atoms with Gasteiger partial charge in [0.05, 0.1) is 18.8 Å². The first-order chi connectivity index (χ1) is 14.4. The number of carbonyl (C=O) groups excluding carboxylic acids is 3. The van der Waals surface area contributed by atoms with E-state index in [0.717, 1.165) is 0 Å². The molecular formula is C19H22FN5O4S. The van der Waals surface area contributed by atoms with E-state index >= 15 is 0 Å². The van der Waals surface area contributed by atoms with Crippen LogP contribution in [0, 0.1) is 0 Å². The predicted molar refractivity (Wildman–Crippen MR) is 108 cm³/mol. The van der Waals surface area contributed by atoms with Gasteiger partial charge in [0, 0.05) is 13.1 Å². The van der Waals surface area contributed by atoms with Crippen molar-refractivity contribution in [1.29, 1.82) is 0 Å². The molecule has 3 aliphatic heterocycles. The molecule has 3 unspecified atom stereocenters.